The highest BCUT2D eigenvalue weighted by Crippen LogP contribution is 2.15. The summed E-state index contributed by atoms with van der Waals surface area (Å²) in [7, 11) is 0. The first-order chi connectivity index (χ1) is 13.6. The average Bonchev–Trinajstić information content (AvgIpc) is 2.67. The second-order valence-electron chi connectivity index (χ2n) is 5.81. The van der Waals surface area contributed by atoms with Crippen LogP contribution in [0.4, 0.5) is 32.3 Å². The van der Waals surface area contributed by atoms with E-state index in [0.29, 0.717) is 36.4 Å². The number of anilines is 4. The largest absolute Gasteiger partial charge is 0.368 e. The molecule has 4 N–H and O–H groups in total. The Labute approximate surface area is 161 Å². The van der Waals surface area contributed by atoms with Crippen LogP contribution in [0, 0.1) is 12.7 Å². The highest BCUT2D eigenvalue weighted by molar-refractivity contribution is 5.89. The van der Waals surface area contributed by atoms with Gasteiger partial charge in [0.2, 0.25) is 0 Å². The Morgan fingerprint density at radius 3 is 2.57 bits per heavy atom. The van der Waals surface area contributed by atoms with Gasteiger partial charge < -0.3 is 21.3 Å². The molecule has 9 heteroatoms. The molecule has 0 aliphatic heterocycles. The van der Waals surface area contributed by atoms with Crippen LogP contribution in [-0.4, -0.2) is 34.1 Å². The summed E-state index contributed by atoms with van der Waals surface area (Å²) in [6.07, 6.45) is 1.69. The predicted molar refractivity (Wildman–Crippen MR) is 106 cm³/mol. The third kappa shape index (κ3) is 5.63. The van der Waals surface area contributed by atoms with E-state index >= 15 is 0 Å². The Balaban J connectivity index is 1.48. The zero-order valence-corrected chi connectivity index (χ0v) is 15.2. The number of halogens is 1. The summed E-state index contributed by atoms with van der Waals surface area (Å²) in [5.74, 6) is 2.01. The monoisotopic (exact) mass is 381 g/mol. The van der Waals surface area contributed by atoms with Crippen molar-refractivity contribution in [2.24, 2.45) is 0 Å². The van der Waals surface area contributed by atoms with Crippen molar-refractivity contribution in [2.75, 3.05) is 29.0 Å². The van der Waals surface area contributed by atoms with E-state index in [-0.39, 0.29) is 5.69 Å². The number of nitrogens with zero attached hydrogens (tertiary/aromatic N) is 3. The minimum absolute atomic E-state index is 0.129. The van der Waals surface area contributed by atoms with Gasteiger partial charge in [-0.2, -0.15) is 0 Å². The number of pyridine rings is 1. The molecular weight excluding hydrogens is 361 g/mol. The van der Waals surface area contributed by atoms with E-state index in [0.717, 1.165) is 0 Å². The number of rotatable bonds is 7. The number of urea groups is 1. The van der Waals surface area contributed by atoms with Crippen LogP contribution in [0.2, 0.25) is 0 Å². The Morgan fingerprint density at radius 2 is 1.79 bits per heavy atom. The first kappa shape index (κ1) is 19.0. The van der Waals surface area contributed by atoms with Crippen molar-refractivity contribution in [1.82, 2.24) is 20.3 Å². The number of carbonyl (C=O) groups excluding carboxylic acids is 1. The quantitative estimate of drug-likeness (QED) is 0.468. The molecule has 28 heavy (non-hydrogen) atoms. The van der Waals surface area contributed by atoms with Crippen molar-refractivity contribution in [3.8, 4) is 0 Å². The van der Waals surface area contributed by atoms with E-state index in [2.05, 4.69) is 36.2 Å². The zero-order valence-electron chi connectivity index (χ0n) is 15.2. The molecule has 0 aliphatic carbocycles. The molecule has 2 aromatic heterocycles. The van der Waals surface area contributed by atoms with Crippen LogP contribution in [0.3, 0.4) is 0 Å². The Morgan fingerprint density at radius 1 is 1.00 bits per heavy atom. The highest BCUT2D eigenvalue weighted by atomic mass is 19.1. The molecule has 3 aromatic rings. The number of nitrogens with one attached hydrogen (secondary N) is 4. The lowest BCUT2D eigenvalue weighted by atomic mass is 10.3. The van der Waals surface area contributed by atoms with Gasteiger partial charge >= 0.3 is 6.03 Å². The molecule has 1 aromatic carbocycles. The number of carbonyl (C=O) groups is 1. The van der Waals surface area contributed by atoms with Crippen molar-refractivity contribution in [2.45, 2.75) is 6.92 Å². The molecule has 0 saturated heterocycles. The zero-order chi connectivity index (χ0) is 19.8. The molecule has 0 atom stereocenters. The topological polar surface area (TPSA) is 104 Å². The minimum atomic E-state index is -0.486. The predicted octanol–water partition coefficient (Wildman–Crippen LogP) is 3.30. The van der Waals surface area contributed by atoms with E-state index in [1.165, 1.54) is 12.1 Å². The van der Waals surface area contributed by atoms with Crippen molar-refractivity contribution in [3.05, 3.63) is 66.4 Å². The molecular formula is C19H20FN7O. The third-order valence-corrected chi connectivity index (χ3v) is 3.60. The lowest BCUT2D eigenvalue weighted by Crippen LogP contribution is -2.33. The number of amides is 2. The van der Waals surface area contributed by atoms with Gasteiger partial charge in [-0.25, -0.2) is 24.1 Å². The van der Waals surface area contributed by atoms with Crippen LogP contribution in [-0.2, 0) is 0 Å². The number of hydrogen-bond acceptors (Lipinski definition) is 6. The smallest absolute Gasteiger partial charge is 0.319 e. The van der Waals surface area contributed by atoms with Gasteiger partial charge in [-0.1, -0.05) is 18.2 Å². The van der Waals surface area contributed by atoms with Crippen LogP contribution >= 0.6 is 0 Å². The van der Waals surface area contributed by atoms with Crippen LogP contribution in [0.5, 0.6) is 0 Å². The summed E-state index contributed by atoms with van der Waals surface area (Å²) in [6.45, 7) is 2.55. The van der Waals surface area contributed by atoms with Crippen molar-refractivity contribution >= 4 is 29.2 Å². The lowest BCUT2D eigenvalue weighted by Gasteiger charge is -2.11. The molecule has 2 amide bonds. The summed E-state index contributed by atoms with van der Waals surface area (Å²) in [6, 6.07) is 12.8. The number of aryl methyl sites for hydroxylation is 1. The number of aromatic nitrogens is 3. The van der Waals surface area contributed by atoms with Crippen LogP contribution < -0.4 is 21.3 Å². The van der Waals surface area contributed by atoms with Gasteiger partial charge in [-0.15, -0.1) is 0 Å². The van der Waals surface area contributed by atoms with E-state index in [1.807, 2.05) is 18.2 Å². The van der Waals surface area contributed by atoms with E-state index in [4.69, 9.17) is 0 Å². The molecule has 0 bridgehead atoms. The fraction of sp³-hybridized carbons (Fsp3) is 0.158. The Kier molecular flexibility index (Phi) is 6.29. The van der Waals surface area contributed by atoms with Gasteiger partial charge in [0.15, 0.2) is 0 Å². The Bertz CT molecular complexity index is 937. The maximum Gasteiger partial charge on any atom is 0.319 e. The second-order valence-corrected chi connectivity index (χ2v) is 5.81. The lowest BCUT2D eigenvalue weighted by molar-refractivity contribution is 0.252. The number of benzene rings is 1. The Hall–Kier alpha value is -3.75. The third-order valence-electron chi connectivity index (χ3n) is 3.60. The minimum Gasteiger partial charge on any atom is -0.368 e. The number of para-hydroxylation sites is 1. The normalized spacial score (nSPS) is 10.2. The van der Waals surface area contributed by atoms with Crippen molar-refractivity contribution in [3.63, 3.8) is 0 Å². The fourth-order valence-electron chi connectivity index (χ4n) is 2.39. The molecule has 0 unspecified atom stereocenters. The SMILES string of the molecule is Cc1nc(NCCNC(=O)Nc2ccccc2F)cc(Nc2ccccn2)n1. The highest BCUT2D eigenvalue weighted by Gasteiger charge is 2.06. The van der Waals surface area contributed by atoms with Gasteiger partial charge in [0.25, 0.3) is 0 Å². The molecule has 0 spiro atoms. The van der Waals surface area contributed by atoms with Gasteiger partial charge in [-0.05, 0) is 31.2 Å². The van der Waals surface area contributed by atoms with Crippen LogP contribution in [0.15, 0.2) is 54.7 Å². The van der Waals surface area contributed by atoms with Crippen LogP contribution in [0.25, 0.3) is 0 Å². The molecule has 144 valence electrons. The molecule has 8 nitrogen and oxygen atoms in total. The molecule has 2 heterocycles. The van der Waals surface area contributed by atoms with E-state index in [1.54, 1.807) is 31.3 Å². The fourth-order valence-corrected chi connectivity index (χ4v) is 2.39. The van der Waals surface area contributed by atoms with Gasteiger partial charge in [0.1, 0.15) is 29.1 Å². The maximum atomic E-state index is 13.5. The maximum absolute atomic E-state index is 13.5. The summed E-state index contributed by atoms with van der Waals surface area (Å²) in [4.78, 5) is 24.7. The van der Waals surface area contributed by atoms with Crippen molar-refractivity contribution in [1.29, 1.82) is 0 Å². The molecule has 3 rings (SSSR count). The van der Waals surface area contributed by atoms with Crippen LogP contribution in [0.1, 0.15) is 5.82 Å². The standard InChI is InChI=1S/C19H20FN7O/c1-13-24-17(12-18(25-13)27-16-8-4-5-9-21-16)22-10-11-23-19(28)26-15-7-3-2-6-14(15)20/h2-9,12H,10-11H2,1H3,(H2,23,26,28)(H2,21,22,24,25,27). The number of hydrogen-bond donors (Lipinski definition) is 4. The van der Waals surface area contributed by atoms with E-state index < -0.39 is 11.8 Å². The molecule has 0 saturated carbocycles. The van der Waals surface area contributed by atoms with Gasteiger partial charge in [0.05, 0.1) is 5.69 Å². The molecule has 0 radical (unpaired) electrons. The molecule has 0 fully saturated rings. The van der Waals surface area contributed by atoms with Gasteiger partial charge in [0, 0.05) is 25.4 Å². The summed E-state index contributed by atoms with van der Waals surface area (Å²) < 4.78 is 13.5. The molecule has 0 aliphatic rings. The summed E-state index contributed by atoms with van der Waals surface area (Å²) >= 11 is 0. The van der Waals surface area contributed by atoms with Gasteiger partial charge in [-0.3, -0.25) is 0 Å². The average molecular weight is 381 g/mol. The second kappa shape index (κ2) is 9.26. The summed E-state index contributed by atoms with van der Waals surface area (Å²) in [5.41, 5.74) is 0.129. The first-order valence-corrected chi connectivity index (χ1v) is 8.67. The summed E-state index contributed by atoms with van der Waals surface area (Å²) in [5, 5.41) is 11.3. The van der Waals surface area contributed by atoms with E-state index in [9.17, 15) is 9.18 Å². The first-order valence-electron chi connectivity index (χ1n) is 8.67. The van der Waals surface area contributed by atoms with Crippen molar-refractivity contribution < 1.29 is 9.18 Å².